The van der Waals surface area contributed by atoms with Crippen LogP contribution in [0.25, 0.3) is 0 Å². The van der Waals surface area contributed by atoms with E-state index in [1.165, 1.54) is 24.1 Å². The van der Waals surface area contributed by atoms with Gasteiger partial charge in [-0.05, 0) is 18.6 Å². The first-order valence-corrected chi connectivity index (χ1v) is 5.51. The molecule has 1 atom stereocenters. The van der Waals surface area contributed by atoms with E-state index in [9.17, 15) is 14.7 Å². The number of aromatic hydroxyl groups is 1. The molecule has 6 heteroatoms. The van der Waals surface area contributed by atoms with Gasteiger partial charge in [-0.15, -0.1) is 0 Å². The molecule has 1 aromatic rings. The third-order valence-electron chi connectivity index (χ3n) is 2.53. The normalized spacial score (nSPS) is 11.7. The summed E-state index contributed by atoms with van der Waals surface area (Å²) >= 11 is 0. The number of nitrogens with one attached hydrogen (secondary N) is 1. The second-order valence-electron chi connectivity index (χ2n) is 3.83. The number of carboxylic acids is 1. The Kier molecular flexibility index (Phi) is 4.53. The maximum Gasteiger partial charge on any atom is 0.326 e. The lowest BCUT2D eigenvalue weighted by Gasteiger charge is -2.20. The van der Waals surface area contributed by atoms with Crippen LogP contribution in [0.4, 0.5) is 10.5 Å². The summed E-state index contributed by atoms with van der Waals surface area (Å²) in [5.41, 5.74) is 0.479. The average molecular weight is 252 g/mol. The molecule has 98 valence electrons. The number of nitrogens with zero attached hydrogens (tertiary/aromatic N) is 1. The number of phenols is 1. The Labute approximate surface area is 105 Å². The summed E-state index contributed by atoms with van der Waals surface area (Å²) in [5.74, 6) is -1.03. The zero-order chi connectivity index (χ0) is 13.7. The van der Waals surface area contributed by atoms with Gasteiger partial charge < -0.3 is 15.5 Å². The molecule has 6 nitrogen and oxygen atoms in total. The fourth-order valence-corrected chi connectivity index (χ4v) is 1.40. The molecule has 0 radical (unpaired) electrons. The molecule has 18 heavy (non-hydrogen) atoms. The fraction of sp³-hybridized carbons (Fsp3) is 0.333. The van der Waals surface area contributed by atoms with Gasteiger partial charge >= 0.3 is 12.0 Å². The summed E-state index contributed by atoms with van der Waals surface area (Å²) in [7, 11) is 1.50. The first-order chi connectivity index (χ1) is 8.45. The minimum absolute atomic E-state index is 0.0393. The van der Waals surface area contributed by atoms with E-state index in [1.54, 1.807) is 19.1 Å². The molecule has 0 aliphatic heterocycles. The number of hydrogen-bond acceptors (Lipinski definition) is 3. The number of amides is 2. The molecule has 2 amide bonds. The second kappa shape index (κ2) is 5.90. The Balaban J connectivity index is 2.75. The number of carbonyl (C=O) groups excluding carboxylic acids is 1. The Hall–Kier alpha value is -2.24. The molecule has 0 saturated heterocycles. The average Bonchev–Trinajstić information content (AvgIpc) is 2.34. The molecule has 1 unspecified atom stereocenters. The Morgan fingerprint density at radius 3 is 2.61 bits per heavy atom. The number of hydrogen-bond donors (Lipinski definition) is 3. The van der Waals surface area contributed by atoms with E-state index in [2.05, 4.69) is 5.32 Å². The molecular weight excluding hydrogens is 236 g/mol. The first-order valence-electron chi connectivity index (χ1n) is 5.51. The van der Waals surface area contributed by atoms with Crippen LogP contribution in [0.5, 0.6) is 5.75 Å². The predicted molar refractivity (Wildman–Crippen MR) is 66.8 cm³/mol. The topological polar surface area (TPSA) is 89.9 Å². The number of carboxylic acid groups (broad SMARTS) is 1. The monoisotopic (exact) mass is 252 g/mol. The summed E-state index contributed by atoms with van der Waals surface area (Å²) in [6.07, 6.45) is 0.301. The molecule has 0 heterocycles. The number of phenolic OH excluding ortho intramolecular Hbond substituents is 1. The smallest absolute Gasteiger partial charge is 0.326 e. The van der Waals surface area contributed by atoms with E-state index in [1.807, 2.05) is 0 Å². The van der Waals surface area contributed by atoms with Crippen LogP contribution >= 0.6 is 0 Å². The van der Waals surface area contributed by atoms with Gasteiger partial charge in [0.1, 0.15) is 11.8 Å². The third kappa shape index (κ3) is 3.38. The van der Waals surface area contributed by atoms with Crippen LogP contribution < -0.4 is 10.2 Å². The Morgan fingerprint density at radius 2 is 2.11 bits per heavy atom. The largest absolute Gasteiger partial charge is 0.508 e. The van der Waals surface area contributed by atoms with Crippen LogP contribution in [-0.4, -0.2) is 35.3 Å². The summed E-state index contributed by atoms with van der Waals surface area (Å²) in [4.78, 5) is 23.8. The lowest BCUT2D eigenvalue weighted by molar-refractivity contribution is -0.139. The van der Waals surface area contributed by atoms with E-state index >= 15 is 0 Å². The summed E-state index contributed by atoms with van der Waals surface area (Å²) in [5, 5.41) is 20.5. The lowest BCUT2D eigenvalue weighted by Crippen LogP contribution is -2.46. The highest BCUT2D eigenvalue weighted by molar-refractivity contribution is 5.94. The molecule has 1 aromatic carbocycles. The molecular formula is C12H16N2O4. The van der Waals surface area contributed by atoms with E-state index in [4.69, 9.17) is 5.11 Å². The standard InChI is InChI=1S/C12H16N2O4/c1-3-10(11(16)17)13-12(18)14(2)8-5-4-6-9(15)7-8/h4-7,10,15H,3H2,1-2H3,(H,13,18)(H,16,17). The van der Waals surface area contributed by atoms with Gasteiger partial charge in [0.25, 0.3) is 0 Å². The van der Waals surface area contributed by atoms with Crippen molar-refractivity contribution >= 4 is 17.7 Å². The second-order valence-corrected chi connectivity index (χ2v) is 3.83. The van der Waals surface area contributed by atoms with Crippen molar-refractivity contribution in [3.63, 3.8) is 0 Å². The number of urea groups is 1. The highest BCUT2D eigenvalue weighted by Gasteiger charge is 2.20. The zero-order valence-electron chi connectivity index (χ0n) is 10.3. The lowest BCUT2D eigenvalue weighted by atomic mass is 10.2. The van der Waals surface area contributed by atoms with Gasteiger partial charge in [-0.1, -0.05) is 13.0 Å². The number of benzene rings is 1. The van der Waals surface area contributed by atoms with Crippen molar-refractivity contribution in [3.8, 4) is 5.75 Å². The van der Waals surface area contributed by atoms with Gasteiger partial charge in [0, 0.05) is 18.8 Å². The van der Waals surface area contributed by atoms with Crippen molar-refractivity contribution in [3.05, 3.63) is 24.3 Å². The van der Waals surface area contributed by atoms with E-state index in [0.29, 0.717) is 12.1 Å². The summed E-state index contributed by atoms with van der Waals surface area (Å²) < 4.78 is 0. The molecule has 0 fully saturated rings. The number of aliphatic carboxylic acids is 1. The number of anilines is 1. The van der Waals surface area contributed by atoms with Crippen LogP contribution in [0.2, 0.25) is 0 Å². The highest BCUT2D eigenvalue weighted by Crippen LogP contribution is 2.18. The van der Waals surface area contributed by atoms with Gasteiger partial charge in [0.2, 0.25) is 0 Å². The van der Waals surface area contributed by atoms with Gasteiger partial charge in [-0.2, -0.15) is 0 Å². The van der Waals surface area contributed by atoms with Crippen LogP contribution in [0.1, 0.15) is 13.3 Å². The minimum atomic E-state index is -1.07. The van der Waals surface area contributed by atoms with Crippen LogP contribution in [0.3, 0.4) is 0 Å². The van der Waals surface area contributed by atoms with Crippen molar-refractivity contribution in [2.75, 3.05) is 11.9 Å². The molecule has 0 aromatic heterocycles. The van der Waals surface area contributed by atoms with E-state index in [-0.39, 0.29) is 5.75 Å². The minimum Gasteiger partial charge on any atom is -0.508 e. The zero-order valence-corrected chi connectivity index (χ0v) is 10.3. The molecule has 0 aliphatic carbocycles. The van der Waals surface area contributed by atoms with Gasteiger partial charge in [0.05, 0.1) is 0 Å². The van der Waals surface area contributed by atoms with Gasteiger partial charge in [0.15, 0.2) is 0 Å². The fourth-order valence-electron chi connectivity index (χ4n) is 1.40. The molecule has 0 aliphatic rings. The third-order valence-corrected chi connectivity index (χ3v) is 2.53. The molecule has 0 spiro atoms. The maximum absolute atomic E-state index is 11.8. The molecule has 3 N–H and O–H groups in total. The van der Waals surface area contributed by atoms with Crippen molar-refractivity contribution in [1.82, 2.24) is 5.32 Å². The van der Waals surface area contributed by atoms with Crippen molar-refractivity contribution in [2.24, 2.45) is 0 Å². The quantitative estimate of drug-likeness (QED) is 0.755. The summed E-state index contributed by atoms with van der Waals surface area (Å²) in [6, 6.07) is 4.69. The Morgan fingerprint density at radius 1 is 1.44 bits per heavy atom. The van der Waals surface area contributed by atoms with Crippen LogP contribution in [-0.2, 0) is 4.79 Å². The van der Waals surface area contributed by atoms with Crippen molar-refractivity contribution < 1.29 is 19.8 Å². The maximum atomic E-state index is 11.8. The van der Waals surface area contributed by atoms with E-state index < -0.39 is 18.0 Å². The molecule has 0 saturated carbocycles. The van der Waals surface area contributed by atoms with E-state index in [0.717, 1.165) is 0 Å². The van der Waals surface area contributed by atoms with Gasteiger partial charge in [-0.3, -0.25) is 4.90 Å². The van der Waals surface area contributed by atoms with Gasteiger partial charge in [-0.25, -0.2) is 9.59 Å². The summed E-state index contributed by atoms with van der Waals surface area (Å²) in [6.45, 7) is 1.67. The number of rotatable bonds is 4. The predicted octanol–water partition coefficient (Wildman–Crippen LogP) is 1.40. The van der Waals surface area contributed by atoms with Crippen molar-refractivity contribution in [2.45, 2.75) is 19.4 Å². The molecule has 1 rings (SSSR count). The highest BCUT2D eigenvalue weighted by atomic mass is 16.4. The van der Waals surface area contributed by atoms with Crippen LogP contribution in [0.15, 0.2) is 24.3 Å². The Bertz CT molecular complexity index is 447. The first kappa shape index (κ1) is 13.8. The number of carbonyl (C=O) groups is 2. The van der Waals surface area contributed by atoms with Crippen molar-refractivity contribution in [1.29, 1.82) is 0 Å². The van der Waals surface area contributed by atoms with Crippen LogP contribution in [0, 0.1) is 0 Å². The SMILES string of the molecule is CCC(NC(=O)N(C)c1cccc(O)c1)C(=O)O. The molecule has 0 bridgehead atoms.